The molecule has 5 aromatic carbocycles. The SMILES string of the molecule is CCCCCC(C)C(=O)NCCCN(CCCNC(=O)[C@@H](C)CCCCN)C(=O)CC(c1ccccc1)c1ccccc1.CCCCN(CCC[NH3+])C(=O)CC(c1ccccc1)c1ccccc1.CCCCN(CCC[NH3+])C(=O)Cc1ccccc1.CCCC[NH+](CCC[NH3+])CC(=O)NC1C2CC3CC(C2)CC1C3. The molecular formula is C92H149N11O6+4. The van der Waals surface area contributed by atoms with E-state index < -0.39 is 0 Å². The van der Waals surface area contributed by atoms with E-state index in [1.807, 2.05) is 132 Å². The topological polar surface area (TPSA) is 262 Å². The average Bonchev–Trinajstić information content (AvgIpc) is 0.763. The molecule has 0 heterocycles. The number of carbonyl (C=O) groups excluding carboxylic acids is 6. The zero-order chi connectivity index (χ0) is 78.6. The molecule has 15 N–H and O–H groups in total. The quantitative estimate of drug-likeness (QED) is 0.0174. The smallest absolute Gasteiger partial charge is 0.275 e. The minimum Gasteiger partial charge on any atom is -0.358 e. The predicted molar refractivity (Wildman–Crippen MR) is 446 cm³/mol. The third-order valence-corrected chi connectivity index (χ3v) is 22.4. The number of rotatable bonds is 49. The maximum absolute atomic E-state index is 13.8. The maximum atomic E-state index is 13.8. The molecule has 4 bridgehead atoms. The van der Waals surface area contributed by atoms with Gasteiger partial charge in [-0.2, -0.15) is 0 Å². The van der Waals surface area contributed by atoms with Gasteiger partial charge < -0.3 is 58.5 Å². The molecule has 2 unspecified atom stereocenters. The van der Waals surface area contributed by atoms with Crippen LogP contribution in [0.5, 0.6) is 0 Å². The Kier molecular flexibility index (Phi) is 47.4. The van der Waals surface area contributed by atoms with Crippen LogP contribution in [0.2, 0.25) is 0 Å². The van der Waals surface area contributed by atoms with Crippen molar-refractivity contribution in [3.63, 3.8) is 0 Å². The van der Waals surface area contributed by atoms with Crippen LogP contribution in [0, 0.1) is 35.5 Å². The van der Waals surface area contributed by atoms with Crippen LogP contribution in [0.3, 0.4) is 0 Å². The number of nitrogens with zero attached hydrogens (tertiary/aromatic N) is 3. The summed E-state index contributed by atoms with van der Waals surface area (Å²) in [6, 6.07) is 51.5. The number of benzene rings is 5. The van der Waals surface area contributed by atoms with Crippen molar-refractivity contribution in [3.05, 3.63) is 179 Å². The summed E-state index contributed by atoms with van der Waals surface area (Å²) >= 11 is 0. The molecule has 0 radical (unpaired) electrons. The predicted octanol–water partition coefficient (Wildman–Crippen LogP) is 11.2. The molecule has 0 saturated heterocycles. The van der Waals surface area contributed by atoms with Crippen LogP contribution in [0.1, 0.15) is 242 Å². The first-order chi connectivity index (χ1) is 53.1. The molecule has 4 saturated carbocycles. The first kappa shape index (κ1) is 92.3. The summed E-state index contributed by atoms with van der Waals surface area (Å²) in [4.78, 5) is 84.1. The normalized spacial score (nSPS) is 16.8. The fraction of sp³-hybridized carbons (Fsp3) is 0.609. The lowest BCUT2D eigenvalue weighted by atomic mass is 9.54. The summed E-state index contributed by atoms with van der Waals surface area (Å²) in [6.07, 6.45) is 26.6. The number of carbonyl (C=O) groups is 6. The van der Waals surface area contributed by atoms with Crippen molar-refractivity contribution in [2.75, 3.05) is 98.2 Å². The minimum atomic E-state index is -0.0465. The van der Waals surface area contributed by atoms with Crippen molar-refractivity contribution in [3.8, 4) is 0 Å². The molecule has 0 aliphatic heterocycles. The van der Waals surface area contributed by atoms with Gasteiger partial charge in [-0.05, 0) is 142 Å². The Bertz CT molecular complexity index is 3040. The second-order valence-electron chi connectivity index (χ2n) is 31.5. The molecule has 0 aromatic heterocycles. The third kappa shape index (κ3) is 36.2. The largest absolute Gasteiger partial charge is 0.358 e. The van der Waals surface area contributed by atoms with Crippen molar-refractivity contribution >= 4 is 35.4 Å². The number of nitrogens with one attached hydrogen (secondary N) is 4. The average molecular weight is 1510 g/mol. The molecule has 4 aliphatic rings. The van der Waals surface area contributed by atoms with E-state index >= 15 is 0 Å². The molecule has 0 spiro atoms. The molecule has 3 atom stereocenters. The zero-order valence-corrected chi connectivity index (χ0v) is 68.6. The van der Waals surface area contributed by atoms with Crippen molar-refractivity contribution in [1.82, 2.24) is 30.7 Å². The summed E-state index contributed by atoms with van der Waals surface area (Å²) in [7, 11) is 0. The Morgan fingerprint density at radius 3 is 1.17 bits per heavy atom. The first-order valence-corrected chi connectivity index (χ1v) is 42.9. The fourth-order valence-electron chi connectivity index (χ4n) is 16.1. The Balaban J connectivity index is 0.000000276. The highest BCUT2D eigenvalue weighted by Crippen LogP contribution is 2.53. The number of unbranched alkanes of at least 4 members (excludes halogenated alkanes) is 6. The van der Waals surface area contributed by atoms with E-state index in [1.54, 1.807) is 0 Å². The van der Waals surface area contributed by atoms with E-state index in [1.165, 1.54) is 61.0 Å². The first-order valence-electron chi connectivity index (χ1n) is 42.9. The van der Waals surface area contributed by atoms with Crippen LogP contribution >= 0.6 is 0 Å². The second kappa shape index (κ2) is 56.0. The van der Waals surface area contributed by atoms with E-state index in [-0.39, 0.29) is 53.2 Å². The van der Waals surface area contributed by atoms with Crippen molar-refractivity contribution < 1.29 is 50.9 Å². The van der Waals surface area contributed by atoms with Gasteiger partial charge in [-0.25, -0.2) is 0 Å². The monoisotopic (exact) mass is 1500 g/mol. The van der Waals surface area contributed by atoms with E-state index in [0.717, 1.165) is 189 Å². The van der Waals surface area contributed by atoms with E-state index in [0.29, 0.717) is 83.3 Å². The van der Waals surface area contributed by atoms with Crippen molar-refractivity contribution in [1.29, 1.82) is 0 Å². The highest BCUT2D eigenvalue weighted by Gasteiger charge is 2.49. The van der Waals surface area contributed by atoms with Gasteiger partial charge in [0, 0.05) is 114 Å². The molecule has 17 heteroatoms. The number of amides is 6. The van der Waals surface area contributed by atoms with Gasteiger partial charge in [0.25, 0.3) is 5.91 Å². The molecular weight excluding hydrogens is 1360 g/mol. The molecule has 5 aromatic rings. The molecule has 4 fully saturated rings. The van der Waals surface area contributed by atoms with Gasteiger partial charge in [0.2, 0.25) is 29.5 Å². The van der Waals surface area contributed by atoms with E-state index in [2.05, 4.69) is 109 Å². The highest BCUT2D eigenvalue weighted by atomic mass is 16.2. The summed E-state index contributed by atoms with van der Waals surface area (Å²) in [6.45, 7) is 24.5. The zero-order valence-electron chi connectivity index (χ0n) is 68.6. The molecule has 9 rings (SSSR count). The highest BCUT2D eigenvalue weighted by molar-refractivity contribution is 5.80. The van der Waals surface area contributed by atoms with Gasteiger partial charge in [-0.1, -0.05) is 238 Å². The number of hydrogen-bond acceptors (Lipinski definition) is 7. The Morgan fingerprint density at radius 1 is 0.431 bits per heavy atom. The maximum Gasteiger partial charge on any atom is 0.275 e. The van der Waals surface area contributed by atoms with Crippen LogP contribution in [0.4, 0.5) is 0 Å². The second-order valence-corrected chi connectivity index (χ2v) is 31.5. The summed E-state index contributed by atoms with van der Waals surface area (Å²) in [5.41, 5.74) is 23.0. The number of nitrogens with two attached hydrogens (primary N) is 1. The fourth-order valence-corrected chi connectivity index (χ4v) is 16.1. The number of hydrogen-bond donors (Lipinski definition) is 8. The third-order valence-electron chi connectivity index (χ3n) is 22.4. The van der Waals surface area contributed by atoms with E-state index in [4.69, 9.17) is 5.73 Å². The summed E-state index contributed by atoms with van der Waals surface area (Å²) in [5, 5.41) is 9.59. The van der Waals surface area contributed by atoms with Gasteiger partial charge in [0.05, 0.1) is 39.1 Å². The van der Waals surface area contributed by atoms with Crippen LogP contribution in [-0.4, -0.2) is 154 Å². The molecule has 109 heavy (non-hydrogen) atoms. The van der Waals surface area contributed by atoms with Gasteiger partial charge in [-0.15, -0.1) is 0 Å². The van der Waals surface area contributed by atoms with Gasteiger partial charge in [-0.3, -0.25) is 28.8 Å². The lowest BCUT2D eigenvalue weighted by Gasteiger charge is -2.54. The lowest BCUT2D eigenvalue weighted by Crippen LogP contribution is -3.13. The van der Waals surface area contributed by atoms with Crippen LogP contribution in [0.15, 0.2) is 152 Å². The van der Waals surface area contributed by atoms with Crippen LogP contribution < -0.4 is 43.8 Å². The van der Waals surface area contributed by atoms with E-state index in [9.17, 15) is 28.8 Å². The molecule has 604 valence electrons. The Labute approximate surface area is 658 Å². The van der Waals surface area contributed by atoms with Crippen molar-refractivity contribution in [2.24, 2.45) is 41.2 Å². The Morgan fingerprint density at radius 2 is 0.789 bits per heavy atom. The van der Waals surface area contributed by atoms with Crippen LogP contribution in [-0.2, 0) is 35.2 Å². The van der Waals surface area contributed by atoms with Gasteiger partial charge >= 0.3 is 0 Å². The van der Waals surface area contributed by atoms with Gasteiger partial charge in [0.15, 0.2) is 6.54 Å². The van der Waals surface area contributed by atoms with Crippen molar-refractivity contribution in [2.45, 2.75) is 226 Å². The molecule has 17 nitrogen and oxygen atoms in total. The summed E-state index contributed by atoms with van der Waals surface area (Å²) in [5.74, 6) is 4.57. The molecule has 4 aliphatic carbocycles. The molecule has 6 amide bonds. The summed E-state index contributed by atoms with van der Waals surface area (Å²) < 4.78 is 0. The minimum absolute atomic E-state index is 0.00287. The lowest BCUT2D eigenvalue weighted by molar-refractivity contribution is -0.893. The number of quaternary nitrogens is 4. The Hall–Kier alpha value is -7.28. The van der Waals surface area contributed by atoms with Gasteiger partial charge in [0.1, 0.15) is 0 Å². The standard InChI is InChI=1S/C36H56N4O3.C22H30N2O.C19H35N3O.C15H24N2O/c1-4-5-8-17-29(2)35(42)38-24-15-26-40(27-16-25-39-36(43)30(3)18-13-14-23-37)34(41)28-33(31-19-9-6-10-20-31)32-21-11-7-12-22-32;1-2-3-16-24(17-10-15-23)22(25)18-21(19-11-6-4-7-12-19)20-13-8-5-9-14-20;1-2-3-6-22(7-4-5-20)13-18(23)21-19-16-9-14-8-15(11-16)12-17(19)10-14;1-2-3-11-17(12-7-10-16)15(18)13-14-8-5-4-6-9-14/h6-7,9-12,19-22,29-30,33H,4-5,8,13-18,23-28,37H2,1-3H3,(H,38,42)(H,39,43);4-9,11-14,21H,2-3,10,15-18,23H2,1H3;14-17,19H,2-13,20H2,1H3,(H,21,23);4-6,8-9H,2-3,7,10-13,16H2,1H3/p+4/t29?,30-;;;/m0.../s1. The van der Waals surface area contributed by atoms with Crippen LogP contribution in [0.25, 0.3) is 0 Å².